The van der Waals surface area contributed by atoms with E-state index in [-0.39, 0.29) is 6.04 Å². The molecule has 1 aliphatic rings. The van der Waals surface area contributed by atoms with Crippen molar-refractivity contribution in [3.05, 3.63) is 23.8 Å². The fraction of sp³-hybridized carbons (Fsp3) is 0.600. The van der Waals surface area contributed by atoms with E-state index in [1.165, 1.54) is 0 Å². The van der Waals surface area contributed by atoms with Crippen molar-refractivity contribution < 1.29 is 14.2 Å². The zero-order valence-corrected chi connectivity index (χ0v) is 13.2. The lowest BCUT2D eigenvalue weighted by molar-refractivity contribution is 0.0455. The van der Waals surface area contributed by atoms with Gasteiger partial charge in [-0.3, -0.25) is 0 Å². The van der Waals surface area contributed by atoms with Crippen molar-refractivity contribution in [3.8, 4) is 11.5 Å². The number of hydrogen-bond acceptors (Lipinski definition) is 5. The molecule has 1 fully saturated rings. The van der Waals surface area contributed by atoms with Crippen LogP contribution in [0.25, 0.3) is 0 Å². The van der Waals surface area contributed by atoms with E-state index in [0.29, 0.717) is 5.25 Å². The zero-order valence-electron chi connectivity index (χ0n) is 12.3. The maximum Gasteiger partial charge on any atom is 0.123 e. The van der Waals surface area contributed by atoms with Crippen LogP contribution in [0.1, 0.15) is 18.5 Å². The lowest BCUT2D eigenvalue weighted by atomic mass is 10.1. The number of hydrogen-bond donors (Lipinski definition) is 1. The van der Waals surface area contributed by atoms with E-state index in [1.54, 1.807) is 14.2 Å². The minimum Gasteiger partial charge on any atom is -0.497 e. The van der Waals surface area contributed by atoms with E-state index in [4.69, 9.17) is 14.2 Å². The third-order valence-corrected chi connectivity index (χ3v) is 4.64. The van der Waals surface area contributed by atoms with Crippen LogP contribution in [-0.2, 0) is 4.74 Å². The van der Waals surface area contributed by atoms with Gasteiger partial charge in [0, 0.05) is 17.4 Å². The van der Waals surface area contributed by atoms with Crippen LogP contribution in [0.5, 0.6) is 11.5 Å². The fourth-order valence-corrected chi connectivity index (χ4v) is 3.31. The molecule has 2 rings (SSSR count). The summed E-state index contributed by atoms with van der Waals surface area (Å²) >= 11 is 1.95. The highest BCUT2D eigenvalue weighted by Gasteiger charge is 2.23. The predicted octanol–water partition coefficient (Wildman–Crippen LogP) is 2.49. The number of ether oxygens (including phenoxy) is 3. The second-order valence-electron chi connectivity index (χ2n) is 4.71. The molecule has 1 N–H and O–H groups in total. The first-order chi connectivity index (χ1) is 9.78. The standard InChI is InChI=1S/C15H23NO3S/c1-4-16-14(10-20-12-8-19-9-12)13-7-11(17-2)5-6-15(13)18-3/h5-7,12,14,16H,4,8-10H2,1-3H3. The smallest absolute Gasteiger partial charge is 0.123 e. The summed E-state index contributed by atoms with van der Waals surface area (Å²) in [6.45, 7) is 4.79. The van der Waals surface area contributed by atoms with Crippen molar-refractivity contribution in [2.75, 3.05) is 39.7 Å². The van der Waals surface area contributed by atoms with Crippen LogP contribution in [-0.4, -0.2) is 45.0 Å². The van der Waals surface area contributed by atoms with Crippen LogP contribution in [0.15, 0.2) is 18.2 Å². The molecule has 1 aliphatic heterocycles. The molecule has 0 radical (unpaired) electrons. The van der Waals surface area contributed by atoms with Gasteiger partial charge >= 0.3 is 0 Å². The average Bonchev–Trinajstić information content (AvgIpc) is 2.44. The number of benzene rings is 1. The number of thioether (sulfide) groups is 1. The van der Waals surface area contributed by atoms with Crippen molar-refractivity contribution in [2.45, 2.75) is 18.2 Å². The van der Waals surface area contributed by atoms with Crippen LogP contribution in [0, 0.1) is 0 Å². The van der Waals surface area contributed by atoms with Gasteiger partial charge < -0.3 is 19.5 Å². The maximum atomic E-state index is 5.49. The van der Waals surface area contributed by atoms with E-state index < -0.39 is 0 Å². The molecule has 1 saturated heterocycles. The molecule has 20 heavy (non-hydrogen) atoms. The topological polar surface area (TPSA) is 39.7 Å². The molecule has 5 heteroatoms. The molecule has 1 aromatic carbocycles. The van der Waals surface area contributed by atoms with Gasteiger partial charge in [-0.05, 0) is 24.7 Å². The molecule has 1 unspecified atom stereocenters. The summed E-state index contributed by atoms with van der Waals surface area (Å²) in [6, 6.07) is 6.22. The van der Waals surface area contributed by atoms with Gasteiger partial charge in [0.1, 0.15) is 11.5 Å². The Hall–Kier alpha value is -0.910. The van der Waals surface area contributed by atoms with Gasteiger partial charge in [0.2, 0.25) is 0 Å². The predicted molar refractivity (Wildman–Crippen MR) is 83.0 cm³/mol. The molecule has 0 aromatic heterocycles. The third-order valence-electron chi connectivity index (χ3n) is 3.37. The Morgan fingerprint density at radius 1 is 1.35 bits per heavy atom. The van der Waals surface area contributed by atoms with E-state index >= 15 is 0 Å². The molecule has 0 aliphatic carbocycles. The summed E-state index contributed by atoms with van der Waals surface area (Å²) in [5.41, 5.74) is 1.15. The largest absolute Gasteiger partial charge is 0.497 e. The Bertz CT molecular complexity index is 424. The average molecular weight is 297 g/mol. The van der Waals surface area contributed by atoms with Gasteiger partial charge in [-0.25, -0.2) is 0 Å². The van der Waals surface area contributed by atoms with Crippen LogP contribution >= 0.6 is 11.8 Å². The fourth-order valence-electron chi connectivity index (χ4n) is 2.16. The second kappa shape index (κ2) is 7.76. The summed E-state index contributed by atoms with van der Waals surface area (Å²) in [6.07, 6.45) is 0. The molecule has 4 nitrogen and oxygen atoms in total. The van der Waals surface area contributed by atoms with E-state index in [0.717, 1.165) is 42.6 Å². The highest BCUT2D eigenvalue weighted by atomic mass is 32.2. The van der Waals surface area contributed by atoms with Crippen LogP contribution in [0.3, 0.4) is 0 Å². The van der Waals surface area contributed by atoms with Crippen LogP contribution in [0.4, 0.5) is 0 Å². The van der Waals surface area contributed by atoms with Gasteiger partial charge in [0.15, 0.2) is 0 Å². The van der Waals surface area contributed by atoms with E-state index in [9.17, 15) is 0 Å². The molecule has 1 aromatic rings. The molecule has 0 amide bonds. The van der Waals surface area contributed by atoms with Gasteiger partial charge in [-0.15, -0.1) is 0 Å². The molecule has 0 spiro atoms. The second-order valence-corrected chi connectivity index (χ2v) is 6.04. The van der Waals surface area contributed by atoms with Crippen molar-refractivity contribution in [1.29, 1.82) is 0 Å². The lowest BCUT2D eigenvalue weighted by Crippen LogP contribution is -2.32. The number of nitrogens with one attached hydrogen (secondary N) is 1. The Morgan fingerprint density at radius 2 is 2.15 bits per heavy atom. The molecule has 0 bridgehead atoms. The summed E-state index contributed by atoms with van der Waals surface area (Å²) < 4.78 is 16.0. The minimum atomic E-state index is 0.260. The van der Waals surface area contributed by atoms with Crippen molar-refractivity contribution in [3.63, 3.8) is 0 Å². The quantitative estimate of drug-likeness (QED) is 0.798. The Kier molecular flexibility index (Phi) is 6.01. The highest BCUT2D eigenvalue weighted by molar-refractivity contribution is 8.00. The third kappa shape index (κ3) is 3.81. The monoisotopic (exact) mass is 297 g/mol. The minimum absolute atomic E-state index is 0.260. The highest BCUT2D eigenvalue weighted by Crippen LogP contribution is 2.33. The van der Waals surface area contributed by atoms with Gasteiger partial charge in [0.25, 0.3) is 0 Å². The molecular formula is C15H23NO3S. The summed E-state index contributed by atoms with van der Waals surface area (Å²) in [5, 5.41) is 4.16. The molecule has 112 valence electrons. The first-order valence-electron chi connectivity index (χ1n) is 6.93. The van der Waals surface area contributed by atoms with Crippen molar-refractivity contribution in [1.82, 2.24) is 5.32 Å². The van der Waals surface area contributed by atoms with Crippen LogP contribution < -0.4 is 14.8 Å². The summed E-state index contributed by atoms with van der Waals surface area (Å²) in [5.74, 6) is 2.77. The molecular weight excluding hydrogens is 274 g/mol. The van der Waals surface area contributed by atoms with Gasteiger partial charge in [-0.1, -0.05) is 6.92 Å². The first-order valence-corrected chi connectivity index (χ1v) is 7.98. The molecule has 0 saturated carbocycles. The molecule has 1 atom stereocenters. The normalized spacial score (nSPS) is 16.6. The summed E-state index contributed by atoms with van der Waals surface area (Å²) in [7, 11) is 3.40. The van der Waals surface area contributed by atoms with Crippen molar-refractivity contribution in [2.24, 2.45) is 0 Å². The SMILES string of the molecule is CCNC(CSC1COC1)c1cc(OC)ccc1OC. The zero-order chi connectivity index (χ0) is 14.4. The summed E-state index contributed by atoms with van der Waals surface area (Å²) in [4.78, 5) is 0. The Labute approximate surface area is 125 Å². The van der Waals surface area contributed by atoms with Crippen LogP contribution in [0.2, 0.25) is 0 Å². The van der Waals surface area contributed by atoms with Gasteiger partial charge in [-0.2, -0.15) is 11.8 Å². The maximum absolute atomic E-state index is 5.49. The molecule has 1 heterocycles. The van der Waals surface area contributed by atoms with E-state index in [2.05, 4.69) is 18.3 Å². The number of methoxy groups -OCH3 is 2. The van der Waals surface area contributed by atoms with E-state index in [1.807, 2.05) is 23.9 Å². The Balaban J connectivity index is 2.12. The lowest BCUT2D eigenvalue weighted by Gasteiger charge is -2.28. The van der Waals surface area contributed by atoms with Crippen molar-refractivity contribution >= 4 is 11.8 Å². The first kappa shape index (κ1) is 15.5. The van der Waals surface area contributed by atoms with Gasteiger partial charge in [0.05, 0.1) is 32.7 Å². The Morgan fingerprint density at radius 3 is 2.70 bits per heavy atom. The number of rotatable bonds is 8.